The van der Waals surface area contributed by atoms with Gasteiger partial charge in [0.25, 0.3) is 10.0 Å². The molecule has 4 aromatic rings. The van der Waals surface area contributed by atoms with E-state index in [-0.39, 0.29) is 35.7 Å². The highest BCUT2D eigenvalue weighted by molar-refractivity contribution is 7.92. The van der Waals surface area contributed by atoms with E-state index in [9.17, 15) is 18.0 Å². The summed E-state index contributed by atoms with van der Waals surface area (Å²) in [6.45, 7) is 7.70. The van der Waals surface area contributed by atoms with E-state index in [1.54, 1.807) is 30.3 Å². The fourth-order valence-corrected chi connectivity index (χ4v) is 6.48. The molecule has 2 atom stereocenters. The molecule has 0 aliphatic heterocycles. The number of amides is 2. The third kappa shape index (κ3) is 8.82. The van der Waals surface area contributed by atoms with Gasteiger partial charge in [-0.3, -0.25) is 13.9 Å². The molecule has 0 aliphatic rings. The number of carbonyl (C=O) groups excluding carboxylic acids is 2. The number of nitrogens with one attached hydrogen (secondary N) is 1. The van der Waals surface area contributed by atoms with Crippen molar-refractivity contribution >= 4 is 27.5 Å². The van der Waals surface area contributed by atoms with Gasteiger partial charge in [-0.15, -0.1) is 0 Å². The maximum Gasteiger partial charge on any atom is 0.264 e. The Morgan fingerprint density at radius 2 is 1.27 bits per heavy atom. The van der Waals surface area contributed by atoms with Crippen LogP contribution >= 0.6 is 0 Å². The van der Waals surface area contributed by atoms with E-state index in [4.69, 9.17) is 0 Å². The molecule has 4 rings (SSSR count). The Morgan fingerprint density at radius 1 is 0.733 bits per heavy atom. The highest BCUT2D eigenvalue weighted by Crippen LogP contribution is 2.27. The molecule has 7 nitrogen and oxygen atoms in total. The smallest absolute Gasteiger partial charge is 0.264 e. The number of hydrogen-bond acceptors (Lipinski definition) is 4. The average molecular weight is 626 g/mol. The number of rotatable bonds is 14. The van der Waals surface area contributed by atoms with Gasteiger partial charge in [0.05, 0.1) is 10.6 Å². The van der Waals surface area contributed by atoms with Crippen molar-refractivity contribution in [1.82, 2.24) is 10.2 Å². The molecule has 236 valence electrons. The summed E-state index contributed by atoms with van der Waals surface area (Å²) in [5, 5.41) is 3.06. The van der Waals surface area contributed by atoms with Crippen LogP contribution < -0.4 is 9.62 Å². The van der Waals surface area contributed by atoms with Crippen molar-refractivity contribution in [1.29, 1.82) is 0 Å². The van der Waals surface area contributed by atoms with Crippen LogP contribution in [0.1, 0.15) is 56.7 Å². The summed E-state index contributed by atoms with van der Waals surface area (Å²) in [6, 6.07) is 33.4. The zero-order chi connectivity index (χ0) is 32.4. The Bertz CT molecular complexity index is 1630. The number of sulfonamides is 1. The lowest BCUT2D eigenvalue weighted by Crippen LogP contribution is -2.54. The lowest BCUT2D eigenvalue weighted by molar-refractivity contribution is -0.140. The SMILES string of the molecule is CC[C@@H](C)NC(=O)[C@H](Cc1ccccc1)N(Cc1ccccc1)C(=O)CN(c1ccc(C(C)C)cc1)S(=O)(=O)c1ccccc1. The molecule has 2 amide bonds. The van der Waals surface area contributed by atoms with Crippen LogP contribution in [0.15, 0.2) is 120 Å². The maximum atomic E-state index is 14.5. The maximum absolute atomic E-state index is 14.5. The summed E-state index contributed by atoms with van der Waals surface area (Å²) in [5.74, 6) is -0.508. The molecule has 0 spiro atoms. The molecule has 0 saturated heterocycles. The first kappa shape index (κ1) is 33.5. The Morgan fingerprint density at radius 3 is 1.80 bits per heavy atom. The zero-order valence-electron chi connectivity index (χ0n) is 26.5. The molecule has 1 N–H and O–H groups in total. The van der Waals surface area contributed by atoms with Crippen LogP contribution in [0.5, 0.6) is 0 Å². The van der Waals surface area contributed by atoms with Crippen molar-refractivity contribution in [2.75, 3.05) is 10.8 Å². The lowest BCUT2D eigenvalue weighted by Gasteiger charge is -2.34. The van der Waals surface area contributed by atoms with Crippen LogP contribution in [0.4, 0.5) is 5.69 Å². The number of benzene rings is 4. The van der Waals surface area contributed by atoms with E-state index in [1.165, 1.54) is 17.0 Å². The van der Waals surface area contributed by atoms with Gasteiger partial charge < -0.3 is 10.2 Å². The summed E-state index contributed by atoms with van der Waals surface area (Å²) in [6.07, 6.45) is 1.00. The van der Waals surface area contributed by atoms with Gasteiger partial charge in [-0.05, 0) is 60.2 Å². The first-order chi connectivity index (χ1) is 21.6. The molecule has 0 bridgehead atoms. The molecule has 4 aromatic carbocycles. The van der Waals surface area contributed by atoms with Gasteiger partial charge >= 0.3 is 0 Å². The minimum atomic E-state index is -4.13. The highest BCUT2D eigenvalue weighted by atomic mass is 32.2. The quantitative estimate of drug-likeness (QED) is 0.172. The second-order valence-corrected chi connectivity index (χ2v) is 13.5. The van der Waals surface area contributed by atoms with Crippen molar-refractivity contribution in [3.63, 3.8) is 0 Å². The Balaban J connectivity index is 1.79. The number of carbonyl (C=O) groups is 2. The van der Waals surface area contributed by atoms with Crippen molar-refractivity contribution in [2.24, 2.45) is 0 Å². The van der Waals surface area contributed by atoms with Gasteiger partial charge in [0.1, 0.15) is 12.6 Å². The van der Waals surface area contributed by atoms with Crippen LogP contribution in [-0.4, -0.2) is 43.8 Å². The molecule has 0 aromatic heterocycles. The van der Waals surface area contributed by atoms with Crippen LogP contribution in [0, 0.1) is 0 Å². The van der Waals surface area contributed by atoms with E-state index >= 15 is 0 Å². The van der Waals surface area contributed by atoms with Gasteiger partial charge in [-0.25, -0.2) is 8.42 Å². The molecular formula is C37H43N3O4S. The standard InChI is InChI=1S/C37H43N3O4S/c1-5-29(4)38-37(42)35(25-30-15-9-6-10-16-30)39(26-31-17-11-7-12-18-31)36(41)27-40(33-23-21-32(22-24-33)28(2)3)45(43,44)34-19-13-8-14-20-34/h6-24,28-29,35H,5,25-27H2,1-4H3,(H,38,42)/t29-,35+/m1/s1. The fourth-order valence-electron chi connectivity index (χ4n) is 5.05. The van der Waals surface area contributed by atoms with Crippen molar-refractivity contribution in [3.05, 3.63) is 132 Å². The van der Waals surface area contributed by atoms with E-state index in [2.05, 4.69) is 19.2 Å². The summed E-state index contributed by atoms with van der Waals surface area (Å²) < 4.78 is 29.4. The second kappa shape index (κ2) is 15.5. The second-order valence-electron chi connectivity index (χ2n) is 11.6. The molecule has 45 heavy (non-hydrogen) atoms. The minimum absolute atomic E-state index is 0.0793. The third-order valence-electron chi connectivity index (χ3n) is 7.93. The van der Waals surface area contributed by atoms with E-state index in [1.807, 2.05) is 86.6 Å². The number of nitrogens with zero attached hydrogens (tertiary/aromatic N) is 2. The minimum Gasteiger partial charge on any atom is -0.352 e. The predicted octanol–water partition coefficient (Wildman–Crippen LogP) is 6.56. The highest BCUT2D eigenvalue weighted by Gasteiger charge is 2.35. The average Bonchev–Trinajstić information content (AvgIpc) is 3.06. The fraction of sp³-hybridized carbons (Fsp3) is 0.297. The van der Waals surface area contributed by atoms with Gasteiger partial charge in [0.2, 0.25) is 11.8 Å². The largest absolute Gasteiger partial charge is 0.352 e. The summed E-state index contributed by atoms with van der Waals surface area (Å²) >= 11 is 0. The Hall–Kier alpha value is -4.43. The third-order valence-corrected chi connectivity index (χ3v) is 9.71. The lowest BCUT2D eigenvalue weighted by atomic mass is 10.0. The van der Waals surface area contributed by atoms with Gasteiger partial charge in [-0.2, -0.15) is 0 Å². The molecule has 0 fully saturated rings. The monoisotopic (exact) mass is 625 g/mol. The van der Waals surface area contributed by atoms with Crippen LogP contribution in [0.3, 0.4) is 0 Å². The topological polar surface area (TPSA) is 86.8 Å². The molecular weight excluding hydrogens is 582 g/mol. The van der Waals surface area contributed by atoms with Crippen molar-refractivity contribution in [2.45, 2.75) is 70.0 Å². The Kier molecular flexibility index (Phi) is 11.5. The normalized spacial score (nSPS) is 12.7. The van der Waals surface area contributed by atoms with Crippen LogP contribution in [0.2, 0.25) is 0 Å². The first-order valence-corrected chi connectivity index (χ1v) is 16.9. The van der Waals surface area contributed by atoms with Crippen molar-refractivity contribution in [3.8, 4) is 0 Å². The number of anilines is 1. The van der Waals surface area contributed by atoms with Gasteiger partial charge in [-0.1, -0.05) is 112 Å². The molecule has 0 saturated carbocycles. The molecule has 0 aliphatic carbocycles. The van der Waals surface area contributed by atoms with E-state index in [0.29, 0.717) is 5.69 Å². The predicted molar refractivity (Wildman–Crippen MR) is 180 cm³/mol. The summed E-state index contributed by atoms with van der Waals surface area (Å²) in [4.78, 5) is 30.0. The number of hydrogen-bond donors (Lipinski definition) is 1. The van der Waals surface area contributed by atoms with Crippen LogP contribution in [-0.2, 0) is 32.6 Å². The van der Waals surface area contributed by atoms with Crippen molar-refractivity contribution < 1.29 is 18.0 Å². The summed E-state index contributed by atoms with van der Waals surface area (Å²) in [7, 11) is -4.13. The van der Waals surface area contributed by atoms with Gasteiger partial charge in [0, 0.05) is 19.0 Å². The molecule has 0 unspecified atom stereocenters. The Labute approximate surface area is 268 Å². The van der Waals surface area contributed by atoms with Gasteiger partial charge in [0.15, 0.2) is 0 Å². The van der Waals surface area contributed by atoms with E-state index < -0.39 is 28.5 Å². The van der Waals surface area contributed by atoms with E-state index in [0.717, 1.165) is 27.4 Å². The molecule has 0 radical (unpaired) electrons. The van der Waals surface area contributed by atoms with Crippen LogP contribution in [0.25, 0.3) is 0 Å². The molecule has 0 heterocycles. The first-order valence-electron chi connectivity index (χ1n) is 15.5. The summed E-state index contributed by atoms with van der Waals surface area (Å²) in [5.41, 5.74) is 3.15. The molecule has 8 heteroatoms. The zero-order valence-corrected chi connectivity index (χ0v) is 27.3.